The first-order valence-corrected chi connectivity index (χ1v) is 5.49. The summed E-state index contributed by atoms with van der Waals surface area (Å²) in [6, 6.07) is 6.33. The minimum Gasteiger partial charge on any atom is -0.453 e. The van der Waals surface area contributed by atoms with Crippen molar-refractivity contribution in [3.8, 4) is 0 Å². The summed E-state index contributed by atoms with van der Waals surface area (Å²) >= 11 is 0. The number of carbonyl (C=O) groups is 1. The van der Waals surface area contributed by atoms with Crippen LogP contribution >= 0.6 is 0 Å². The molecule has 17 heavy (non-hydrogen) atoms. The molecule has 0 aliphatic heterocycles. The lowest BCUT2D eigenvalue weighted by atomic mass is 9.85. The molecule has 1 aromatic rings. The van der Waals surface area contributed by atoms with Gasteiger partial charge in [-0.2, -0.15) is 0 Å². The van der Waals surface area contributed by atoms with E-state index in [-0.39, 0.29) is 11.9 Å². The normalized spacial score (nSPS) is 20.8. The van der Waals surface area contributed by atoms with E-state index in [4.69, 9.17) is 0 Å². The maximum atomic E-state index is 12.7. The van der Waals surface area contributed by atoms with Crippen molar-refractivity contribution in [3.05, 3.63) is 41.2 Å². The highest BCUT2D eigenvalue weighted by atomic mass is 19.1. The van der Waals surface area contributed by atoms with Gasteiger partial charge in [0, 0.05) is 0 Å². The van der Waals surface area contributed by atoms with Gasteiger partial charge in [-0.15, -0.1) is 0 Å². The lowest BCUT2D eigenvalue weighted by Crippen LogP contribution is -2.41. The predicted octanol–water partition coefficient (Wildman–Crippen LogP) is 2.73. The first-order chi connectivity index (χ1) is 8.19. The fraction of sp³-hybridized carbons (Fsp3) is 0.308. The molecular weight excluding hydrogens is 221 g/mol. The second kappa shape index (κ2) is 4.99. The summed E-state index contributed by atoms with van der Waals surface area (Å²) in [5.41, 5.74) is 2.08. The Morgan fingerprint density at radius 1 is 1.47 bits per heavy atom. The number of carbonyl (C=O) groups excluding carboxylic acids is 1. The SMILES string of the molecule is COC(=O)NC1CC/C1=C/c1ccc(F)cc1. The summed E-state index contributed by atoms with van der Waals surface area (Å²) in [7, 11) is 1.34. The van der Waals surface area contributed by atoms with Crippen LogP contribution in [0.25, 0.3) is 6.08 Å². The van der Waals surface area contributed by atoms with Gasteiger partial charge in [0.25, 0.3) is 0 Å². The zero-order valence-corrected chi connectivity index (χ0v) is 9.57. The van der Waals surface area contributed by atoms with E-state index < -0.39 is 6.09 Å². The van der Waals surface area contributed by atoms with Crippen LogP contribution in [0, 0.1) is 5.82 Å². The lowest BCUT2D eigenvalue weighted by molar-refractivity contribution is 0.165. The average Bonchev–Trinajstić information content (AvgIpc) is 2.33. The number of halogens is 1. The topological polar surface area (TPSA) is 38.3 Å². The van der Waals surface area contributed by atoms with Crippen LogP contribution < -0.4 is 5.32 Å². The minimum atomic E-state index is -0.417. The fourth-order valence-electron chi connectivity index (χ4n) is 1.77. The summed E-state index contributed by atoms with van der Waals surface area (Å²) in [4.78, 5) is 11.0. The van der Waals surface area contributed by atoms with Crippen molar-refractivity contribution < 1.29 is 13.9 Å². The summed E-state index contributed by atoms with van der Waals surface area (Å²) in [6.07, 6.45) is 3.43. The standard InChI is InChI=1S/C13H14FNO2/c1-17-13(16)15-12-7-4-10(12)8-9-2-5-11(14)6-3-9/h2-3,5-6,8,12H,4,7H2,1H3,(H,15,16)/b10-8-. The van der Waals surface area contributed by atoms with Crippen LogP contribution in [0.2, 0.25) is 0 Å². The van der Waals surface area contributed by atoms with E-state index in [0.29, 0.717) is 0 Å². The van der Waals surface area contributed by atoms with Crippen molar-refractivity contribution in [2.24, 2.45) is 0 Å². The van der Waals surface area contributed by atoms with Gasteiger partial charge < -0.3 is 10.1 Å². The Bertz CT molecular complexity index is 439. The molecule has 90 valence electrons. The van der Waals surface area contributed by atoms with Gasteiger partial charge in [-0.3, -0.25) is 0 Å². The van der Waals surface area contributed by atoms with Crippen LogP contribution in [-0.4, -0.2) is 19.2 Å². The molecule has 1 N–H and O–H groups in total. The molecule has 0 saturated heterocycles. The Labute approximate surface area is 99.3 Å². The number of ether oxygens (including phenoxy) is 1. The van der Waals surface area contributed by atoms with E-state index in [2.05, 4.69) is 10.1 Å². The van der Waals surface area contributed by atoms with Crippen molar-refractivity contribution in [2.45, 2.75) is 18.9 Å². The summed E-state index contributed by atoms with van der Waals surface area (Å²) in [5.74, 6) is -0.245. The van der Waals surface area contributed by atoms with Gasteiger partial charge in [0.1, 0.15) is 5.82 Å². The Morgan fingerprint density at radius 3 is 2.71 bits per heavy atom. The largest absolute Gasteiger partial charge is 0.453 e. The molecule has 1 aromatic carbocycles. The molecule has 3 nitrogen and oxygen atoms in total. The highest BCUT2D eigenvalue weighted by molar-refractivity contribution is 5.69. The molecule has 1 atom stereocenters. The summed E-state index contributed by atoms with van der Waals surface area (Å²) < 4.78 is 17.3. The van der Waals surface area contributed by atoms with Crippen molar-refractivity contribution in [1.82, 2.24) is 5.32 Å². The van der Waals surface area contributed by atoms with Crippen LogP contribution in [0.3, 0.4) is 0 Å². The van der Waals surface area contributed by atoms with Crippen LogP contribution in [0.15, 0.2) is 29.8 Å². The first-order valence-electron chi connectivity index (χ1n) is 5.49. The monoisotopic (exact) mass is 235 g/mol. The summed E-state index contributed by atoms with van der Waals surface area (Å²) in [5, 5.41) is 2.74. The molecule has 0 heterocycles. The Hall–Kier alpha value is -1.84. The van der Waals surface area contributed by atoms with E-state index in [0.717, 1.165) is 24.0 Å². The highest BCUT2D eigenvalue weighted by Crippen LogP contribution is 2.28. The summed E-state index contributed by atoms with van der Waals surface area (Å²) in [6.45, 7) is 0. The van der Waals surface area contributed by atoms with Gasteiger partial charge in [-0.25, -0.2) is 9.18 Å². The molecule has 1 aliphatic carbocycles. The number of benzene rings is 1. The van der Waals surface area contributed by atoms with Gasteiger partial charge in [0.15, 0.2) is 0 Å². The number of alkyl carbamates (subject to hydrolysis) is 1. The van der Waals surface area contributed by atoms with Crippen molar-refractivity contribution in [2.75, 3.05) is 7.11 Å². The van der Waals surface area contributed by atoms with Crippen LogP contribution in [0.4, 0.5) is 9.18 Å². The highest BCUT2D eigenvalue weighted by Gasteiger charge is 2.25. The molecule has 0 radical (unpaired) electrons. The van der Waals surface area contributed by atoms with E-state index in [9.17, 15) is 9.18 Å². The number of amides is 1. The number of methoxy groups -OCH3 is 1. The molecule has 1 amide bonds. The van der Waals surface area contributed by atoms with Crippen molar-refractivity contribution in [1.29, 1.82) is 0 Å². The van der Waals surface area contributed by atoms with E-state index in [1.807, 2.05) is 6.08 Å². The first kappa shape index (κ1) is 11.6. The van der Waals surface area contributed by atoms with Gasteiger partial charge in [0.05, 0.1) is 13.2 Å². The molecule has 1 saturated carbocycles. The molecule has 1 unspecified atom stereocenters. The minimum absolute atomic E-state index is 0.0486. The zero-order valence-electron chi connectivity index (χ0n) is 9.57. The number of hydrogen-bond acceptors (Lipinski definition) is 2. The third-order valence-corrected chi connectivity index (χ3v) is 2.87. The second-order valence-corrected chi connectivity index (χ2v) is 4.00. The maximum Gasteiger partial charge on any atom is 0.407 e. The smallest absolute Gasteiger partial charge is 0.407 e. The van der Waals surface area contributed by atoms with Crippen LogP contribution in [-0.2, 0) is 4.74 Å². The fourth-order valence-corrected chi connectivity index (χ4v) is 1.77. The molecule has 0 aromatic heterocycles. The molecule has 0 bridgehead atoms. The second-order valence-electron chi connectivity index (χ2n) is 4.00. The molecule has 4 heteroatoms. The van der Waals surface area contributed by atoms with Crippen LogP contribution in [0.5, 0.6) is 0 Å². The molecule has 1 fully saturated rings. The van der Waals surface area contributed by atoms with E-state index >= 15 is 0 Å². The predicted molar refractivity (Wildman–Crippen MR) is 62.9 cm³/mol. The Kier molecular flexibility index (Phi) is 3.42. The molecular formula is C13H14FNO2. The third-order valence-electron chi connectivity index (χ3n) is 2.87. The van der Waals surface area contributed by atoms with Gasteiger partial charge in [-0.1, -0.05) is 18.2 Å². The third kappa shape index (κ3) is 2.84. The average molecular weight is 235 g/mol. The Balaban J connectivity index is 2.02. The molecule has 0 spiro atoms. The van der Waals surface area contributed by atoms with E-state index in [1.165, 1.54) is 19.2 Å². The van der Waals surface area contributed by atoms with E-state index in [1.54, 1.807) is 12.1 Å². The number of hydrogen-bond donors (Lipinski definition) is 1. The van der Waals surface area contributed by atoms with Crippen molar-refractivity contribution >= 4 is 12.2 Å². The molecule has 1 aliphatic rings. The number of rotatable bonds is 2. The van der Waals surface area contributed by atoms with Crippen molar-refractivity contribution in [3.63, 3.8) is 0 Å². The maximum absolute atomic E-state index is 12.7. The Morgan fingerprint density at radius 2 is 2.18 bits per heavy atom. The van der Waals surface area contributed by atoms with Gasteiger partial charge in [0.2, 0.25) is 0 Å². The van der Waals surface area contributed by atoms with Gasteiger partial charge in [-0.05, 0) is 36.1 Å². The van der Waals surface area contributed by atoms with Gasteiger partial charge >= 0.3 is 6.09 Å². The quantitative estimate of drug-likeness (QED) is 0.855. The lowest BCUT2D eigenvalue weighted by Gasteiger charge is -2.30. The van der Waals surface area contributed by atoms with Crippen LogP contribution in [0.1, 0.15) is 18.4 Å². The zero-order chi connectivity index (χ0) is 12.3. The number of nitrogens with one attached hydrogen (secondary N) is 1. The molecule has 2 rings (SSSR count).